The second kappa shape index (κ2) is 39.6. The molecule has 104 valence electrons. The van der Waals surface area contributed by atoms with Crippen molar-refractivity contribution in [2.24, 2.45) is 5.10 Å². The first kappa shape index (κ1) is 64.0. The van der Waals surface area contributed by atoms with Crippen LogP contribution in [0.1, 0.15) is 13.3 Å². The fraction of sp³-hybridized carbons (Fsp3) is 0.182. The molecule has 0 fully saturated rings. The van der Waals surface area contributed by atoms with Crippen LogP contribution in [0.15, 0.2) is 35.4 Å². The minimum absolute atomic E-state index is 0. The molecular weight excluding hydrogens is 1070 g/mol. The summed E-state index contributed by atoms with van der Waals surface area (Å²) >= 11 is 0. The summed E-state index contributed by atoms with van der Waals surface area (Å²) < 4.78 is 0. The van der Waals surface area contributed by atoms with Gasteiger partial charge in [0, 0.05) is 333 Å². The van der Waals surface area contributed by atoms with Gasteiger partial charge in [0.1, 0.15) is 0 Å². The van der Waals surface area contributed by atoms with Crippen molar-refractivity contribution in [1.29, 1.82) is 0 Å². The summed E-state index contributed by atoms with van der Waals surface area (Å²) in [6.45, 7) is 1.86. The van der Waals surface area contributed by atoms with Crippen LogP contribution in [-0.2, 0) is 332 Å². The van der Waals surface area contributed by atoms with Gasteiger partial charge in [0.15, 0.2) is 0 Å². The van der Waals surface area contributed by atoms with Crippen molar-refractivity contribution < 1.29 is 332 Å². The average Bonchev–Trinajstić information content (AvgIpc) is 2.47. The van der Waals surface area contributed by atoms with E-state index in [9.17, 15) is 4.79 Å². The molecule has 2 rings (SSSR count). The monoisotopic (exact) mass is 1080 g/mol. The molecule has 0 bridgehead atoms. The van der Waals surface area contributed by atoms with Crippen molar-refractivity contribution in [2.45, 2.75) is 13.3 Å². The van der Waals surface area contributed by atoms with E-state index in [4.69, 9.17) is 0 Å². The third-order valence-corrected chi connectivity index (χ3v) is 1.91. The largest absolute Gasteiger partial charge is 0.358 e. The fourth-order valence-electron chi connectivity index (χ4n) is 1.33. The first-order valence-electron chi connectivity index (χ1n) is 4.19. The number of carbonyl (C=O) groups excluding carboxylic acids is 1. The number of para-hydroxylation sites is 1. The molecule has 0 aliphatic carbocycles. The Kier molecular flexibility index (Phi) is 106. The predicted octanol–water partition coefficient (Wildman–Crippen LogP) is 2.22. The molecule has 0 saturated carbocycles. The zero-order chi connectivity index (χ0) is 9.26. The number of hydrazone groups is 1. The van der Waals surface area contributed by atoms with Crippen LogP contribution in [0.4, 0.5) is 5.69 Å². The van der Waals surface area contributed by atoms with E-state index in [1.165, 1.54) is 5.01 Å². The van der Waals surface area contributed by atoms with Gasteiger partial charge in [0.25, 0.3) is 5.91 Å². The van der Waals surface area contributed by atoms with E-state index < -0.39 is 0 Å². The predicted molar refractivity (Wildman–Crippen MR) is 58.1 cm³/mol. The number of hydrogen-bond acceptors (Lipinski definition) is 2. The Morgan fingerprint density at radius 1 is 0.792 bits per heavy atom. The molecule has 0 aromatic heterocycles. The van der Waals surface area contributed by atoms with Gasteiger partial charge in [-0.05, 0) is 19.1 Å². The van der Waals surface area contributed by atoms with E-state index in [2.05, 4.69) is 5.10 Å². The molecule has 1 heterocycles. The molecule has 1 aliphatic rings. The molecule has 1 aliphatic heterocycles. The van der Waals surface area contributed by atoms with Gasteiger partial charge in [-0.2, -0.15) is 5.10 Å². The third-order valence-electron chi connectivity index (χ3n) is 1.91. The number of nitrogens with zero attached hydrogens (tertiary/aromatic N) is 2. The van der Waals surface area contributed by atoms with Crippen LogP contribution in [0.2, 0.25) is 0 Å². The molecule has 0 N–H and O–H groups in total. The second-order valence-electron chi connectivity index (χ2n) is 3.05. The minimum atomic E-state index is 0. The first-order chi connectivity index (χ1) is 6.27. The summed E-state index contributed by atoms with van der Waals surface area (Å²) in [6.07, 6.45) is 0.439. The molecule has 3 nitrogen and oxygen atoms in total. The molecule has 0 unspecified atom stereocenters. The van der Waals surface area contributed by atoms with Gasteiger partial charge >= 0.3 is 0 Å². The molecule has 1 aromatic carbocycles. The zero-order valence-electron chi connectivity index (χ0n) is 14.2. The summed E-state index contributed by atoms with van der Waals surface area (Å²) in [5.41, 5.74) is 1.71. The zero-order valence-corrected chi connectivity index (χ0v) is 42.6. The van der Waals surface area contributed by atoms with Gasteiger partial charge in [-0.25, -0.2) is 5.01 Å². The van der Waals surface area contributed by atoms with Crippen LogP contribution in [0.3, 0.4) is 0 Å². The van der Waals surface area contributed by atoms with Gasteiger partial charge in [-0.1, -0.05) is 18.2 Å². The molecule has 13 heteroatoms. The van der Waals surface area contributed by atoms with E-state index in [1.807, 2.05) is 37.3 Å². The molecular formula is C11H13N2OY10-. The van der Waals surface area contributed by atoms with Crippen molar-refractivity contribution in [3.8, 4) is 0 Å². The van der Waals surface area contributed by atoms with Gasteiger partial charge < -0.3 is 7.43 Å². The standard InChI is InChI=1S/C10H10N2O.CH3.10Y/c1-8-7-10(13)12(11-8)9-5-3-2-4-6-9;;;;;;;;;;;/h2-6H,7H2,1H3;1H3;;;;;;;;;;/q;-1;;;;;;;;;;. The molecule has 0 spiro atoms. The van der Waals surface area contributed by atoms with E-state index in [-0.39, 0.29) is 340 Å². The van der Waals surface area contributed by atoms with Crippen molar-refractivity contribution in [3.05, 3.63) is 37.8 Å². The Balaban J connectivity index is -0.0000000223. The Hall–Kier alpha value is 9.40. The number of benzene rings is 1. The summed E-state index contributed by atoms with van der Waals surface area (Å²) in [5, 5.41) is 5.59. The Labute approximate surface area is 398 Å². The van der Waals surface area contributed by atoms with Crippen molar-refractivity contribution in [1.82, 2.24) is 0 Å². The maximum atomic E-state index is 11.4. The number of carbonyl (C=O) groups is 1. The van der Waals surface area contributed by atoms with Crippen LogP contribution in [0, 0.1) is 7.43 Å². The number of anilines is 1. The smallest absolute Gasteiger partial charge is 0.253 e. The fourth-order valence-corrected chi connectivity index (χ4v) is 1.33. The van der Waals surface area contributed by atoms with E-state index in [0.717, 1.165) is 11.4 Å². The summed E-state index contributed by atoms with van der Waals surface area (Å²) in [6, 6.07) is 9.46. The van der Waals surface area contributed by atoms with Crippen molar-refractivity contribution >= 4 is 17.3 Å². The third kappa shape index (κ3) is 26.0. The van der Waals surface area contributed by atoms with Gasteiger partial charge in [-0.3, -0.25) is 4.79 Å². The quantitative estimate of drug-likeness (QED) is 0.398. The summed E-state index contributed by atoms with van der Waals surface area (Å²) in [7, 11) is 0. The molecule has 0 saturated heterocycles. The average molecular weight is 1080 g/mol. The Morgan fingerprint density at radius 2 is 1.17 bits per heavy atom. The van der Waals surface area contributed by atoms with Gasteiger partial charge in [0.2, 0.25) is 0 Å². The van der Waals surface area contributed by atoms with Crippen LogP contribution in [0.25, 0.3) is 0 Å². The van der Waals surface area contributed by atoms with Crippen molar-refractivity contribution in [2.75, 3.05) is 5.01 Å². The molecule has 24 heavy (non-hydrogen) atoms. The number of rotatable bonds is 1. The normalized spacial score (nSPS) is 8.79. The SMILES string of the molecule is CC1=NN(c2ccccc2)C(=O)C1.[CH3-].[Y].[Y].[Y].[Y].[Y].[Y].[Y].[Y].[Y].[Y]. The van der Waals surface area contributed by atoms with Crippen LogP contribution >= 0.6 is 0 Å². The van der Waals surface area contributed by atoms with Crippen LogP contribution < -0.4 is 5.01 Å². The molecule has 10 radical (unpaired) electrons. The van der Waals surface area contributed by atoms with Gasteiger partial charge in [-0.15, -0.1) is 0 Å². The topological polar surface area (TPSA) is 32.7 Å². The van der Waals surface area contributed by atoms with Crippen LogP contribution in [-0.4, -0.2) is 11.6 Å². The van der Waals surface area contributed by atoms with Crippen LogP contribution in [0.5, 0.6) is 0 Å². The summed E-state index contributed by atoms with van der Waals surface area (Å²) in [5.74, 6) is 0.0451. The van der Waals surface area contributed by atoms with E-state index in [0.29, 0.717) is 6.42 Å². The maximum absolute atomic E-state index is 11.4. The maximum Gasteiger partial charge on any atom is 0.253 e. The minimum Gasteiger partial charge on any atom is -0.358 e. The molecule has 1 aromatic rings. The molecule has 1 amide bonds. The number of hydrogen-bond donors (Lipinski definition) is 0. The first-order valence-corrected chi connectivity index (χ1v) is 4.19. The summed E-state index contributed by atoms with van der Waals surface area (Å²) in [4.78, 5) is 11.4. The van der Waals surface area contributed by atoms with Crippen molar-refractivity contribution in [3.63, 3.8) is 0 Å². The number of amides is 1. The molecule has 0 atom stereocenters. The Morgan fingerprint density at radius 3 is 1.46 bits per heavy atom. The Bertz CT molecular complexity index is 380. The van der Waals surface area contributed by atoms with E-state index >= 15 is 0 Å². The second-order valence-corrected chi connectivity index (χ2v) is 3.05. The van der Waals surface area contributed by atoms with Gasteiger partial charge in [0.05, 0.1) is 12.1 Å². The van der Waals surface area contributed by atoms with E-state index in [1.54, 1.807) is 0 Å².